The number of anilines is 3. The number of rotatable bonds is 6. The van der Waals surface area contributed by atoms with Gasteiger partial charge in [0.2, 0.25) is 11.9 Å². The zero-order valence-corrected chi connectivity index (χ0v) is 19.1. The minimum Gasteiger partial charge on any atom is -0.490 e. The maximum atomic E-state index is 13.4. The van der Waals surface area contributed by atoms with Crippen LogP contribution in [0.2, 0.25) is 0 Å². The third-order valence-electron chi connectivity index (χ3n) is 7.08. The fourth-order valence-corrected chi connectivity index (χ4v) is 4.97. The molecule has 182 valence electrons. The Morgan fingerprint density at radius 3 is 2.44 bits per heavy atom. The molecule has 0 spiro atoms. The van der Waals surface area contributed by atoms with Crippen LogP contribution < -0.4 is 20.3 Å². The van der Waals surface area contributed by atoms with Crippen molar-refractivity contribution in [1.82, 2.24) is 9.97 Å². The Labute approximate surface area is 194 Å². The maximum absolute atomic E-state index is 13.4. The summed E-state index contributed by atoms with van der Waals surface area (Å²) in [4.78, 5) is 23.9. The Bertz CT molecular complexity index is 1110. The molecule has 2 aromatic rings. The molecule has 2 heterocycles. The summed E-state index contributed by atoms with van der Waals surface area (Å²) in [5, 5.41) is 6.21. The number of nitrogens with one attached hydrogen (secondary N) is 2. The highest BCUT2D eigenvalue weighted by atomic mass is 19.2. The van der Waals surface area contributed by atoms with Crippen molar-refractivity contribution in [1.29, 1.82) is 0 Å². The van der Waals surface area contributed by atoms with Crippen molar-refractivity contribution in [3.8, 4) is 5.75 Å². The molecule has 11 heteroatoms. The summed E-state index contributed by atoms with van der Waals surface area (Å²) in [5.41, 5.74) is 0.687. The molecule has 0 saturated heterocycles. The molecule has 2 aliphatic carbocycles. The number of amides is 1. The zero-order chi connectivity index (χ0) is 24.2. The molecule has 0 radical (unpaired) electrons. The molecule has 1 aromatic carbocycles. The molecule has 2 N–H and O–H groups in total. The summed E-state index contributed by atoms with van der Waals surface area (Å²) in [7, 11) is 3.48. The molecule has 8 nitrogen and oxygen atoms in total. The first-order valence-corrected chi connectivity index (χ1v) is 11.3. The van der Waals surface area contributed by atoms with E-state index in [0.29, 0.717) is 36.0 Å². The first kappa shape index (κ1) is 22.7. The SMILES string of the molecule is COC1(C2C(=O)Nc3c(C)nc(N[C@H]4C[C@H](Oc5cc(F)c(F)c(F)c5)C4)nc3N2C)CCC1. The monoisotopic (exact) mass is 477 g/mol. The van der Waals surface area contributed by atoms with Gasteiger partial charge in [0, 0.05) is 45.2 Å². The lowest BCUT2D eigenvalue weighted by Gasteiger charge is -2.50. The Hall–Kier alpha value is -3.08. The number of hydrogen-bond donors (Lipinski definition) is 2. The number of carbonyl (C=O) groups excluding carboxylic acids is 1. The van der Waals surface area contributed by atoms with Crippen LogP contribution in [0.3, 0.4) is 0 Å². The van der Waals surface area contributed by atoms with Gasteiger partial charge in [-0.15, -0.1) is 0 Å². The minimum absolute atomic E-state index is 0.00572. The smallest absolute Gasteiger partial charge is 0.250 e. The molecule has 2 saturated carbocycles. The second-order valence-corrected chi connectivity index (χ2v) is 9.21. The normalized spacial score (nSPS) is 25.1. The first-order chi connectivity index (χ1) is 16.2. The standard InChI is InChI=1S/C23H26F3N5O3/c1-11-18-20(31(2)19(21(32)29-18)23(33-3)5-4-6-23)30-22(27-11)28-12-7-13(8-12)34-14-9-15(24)17(26)16(25)10-14/h9-10,12-13,19H,4-8H2,1-3H3,(H,29,32)(H,27,28,30)/t12-,13-,19?. The van der Waals surface area contributed by atoms with E-state index in [1.165, 1.54) is 0 Å². The molecule has 0 bridgehead atoms. The first-order valence-electron chi connectivity index (χ1n) is 11.3. The van der Waals surface area contributed by atoms with Crippen molar-refractivity contribution in [3.63, 3.8) is 0 Å². The number of hydrogen-bond acceptors (Lipinski definition) is 7. The number of benzene rings is 1. The number of halogens is 3. The summed E-state index contributed by atoms with van der Waals surface area (Å²) >= 11 is 0. The molecule has 3 aliphatic rings. The summed E-state index contributed by atoms with van der Waals surface area (Å²) in [6.07, 6.45) is 3.47. The van der Waals surface area contributed by atoms with E-state index in [1.807, 2.05) is 11.9 Å². The van der Waals surface area contributed by atoms with E-state index in [0.717, 1.165) is 31.4 Å². The van der Waals surface area contributed by atoms with E-state index in [9.17, 15) is 18.0 Å². The lowest BCUT2D eigenvalue weighted by Crippen LogP contribution is -2.64. The molecular weight excluding hydrogens is 451 g/mol. The minimum atomic E-state index is -1.52. The van der Waals surface area contributed by atoms with Crippen LogP contribution in [-0.2, 0) is 9.53 Å². The van der Waals surface area contributed by atoms with Crippen LogP contribution in [0.4, 0.5) is 30.6 Å². The van der Waals surface area contributed by atoms with Crippen LogP contribution in [0.25, 0.3) is 0 Å². The van der Waals surface area contributed by atoms with Crippen LogP contribution in [-0.4, -0.2) is 53.8 Å². The number of nitrogens with zero attached hydrogens (tertiary/aromatic N) is 3. The van der Waals surface area contributed by atoms with Gasteiger partial charge in [-0.25, -0.2) is 18.2 Å². The predicted octanol–water partition coefficient (Wildman–Crippen LogP) is 3.55. The summed E-state index contributed by atoms with van der Waals surface area (Å²) < 4.78 is 51.2. The van der Waals surface area contributed by atoms with Crippen molar-refractivity contribution in [2.24, 2.45) is 0 Å². The molecule has 1 aromatic heterocycles. The lowest BCUT2D eigenvalue weighted by molar-refractivity contribution is -0.135. The fraction of sp³-hybridized carbons (Fsp3) is 0.522. The van der Waals surface area contributed by atoms with Crippen molar-refractivity contribution in [2.45, 2.75) is 62.8 Å². The van der Waals surface area contributed by atoms with Gasteiger partial charge < -0.3 is 25.0 Å². The van der Waals surface area contributed by atoms with E-state index in [-0.39, 0.29) is 23.8 Å². The summed E-state index contributed by atoms with van der Waals surface area (Å²) in [5.74, 6) is -3.23. The third kappa shape index (κ3) is 3.71. The highest BCUT2D eigenvalue weighted by Crippen LogP contribution is 2.44. The lowest BCUT2D eigenvalue weighted by atomic mass is 9.73. The zero-order valence-electron chi connectivity index (χ0n) is 19.1. The highest BCUT2D eigenvalue weighted by Gasteiger charge is 2.52. The van der Waals surface area contributed by atoms with E-state index < -0.39 is 29.1 Å². The average Bonchev–Trinajstić information content (AvgIpc) is 2.73. The molecule has 1 amide bonds. The second kappa shape index (κ2) is 8.30. The fourth-order valence-electron chi connectivity index (χ4n) is 4.97. The predicted molar refractivity (Wildman–Crippen MR) is 119 cm³/mol. The quantitative estimate of drug-likeness (QED) is 0.615. The van der Waals surface area contributed by atoms with Crippen LogP contribution in [0, 0.1) is 24.4 Å². The third-order valence-corrected chi connectivity index (χ3v) is 7.08. The number of aromatic nitrogens is 2. The average molecular weight is 477 g/mol. The van der Waals surface area contributed by atoms with E-state index >= 15 is 0 Å². The van der Waals surface area contributed by atoms with Gasteiger partial charge in [-0.3, -0.25) is 4.79 Å². The van der Waals surface area contributed by atoms with Crippen molar-refractivity contribution in [3.05, 3.63) is 35.3 Å². The van der Waals surface area contributed by atoms with Gasteiger partial charge in [-0.2, -0.15) is 4.98 Å². The number of ether oxygens (including phenoxy) is 2. The van der Waals surface area contributed by atoms with Gasteiger partial charge in [0.05, 0.1) is 11.3 Å². The molecule has 34 heavy (non-hydrogen) atoms. The van der Waals surface area contributed by atoms with Crippen molar-refractivity contribution < 1.29 is 27.4 Å². The highest BCUT2D eigenvalue weighted by molar-refractivity contribution is 6.04. The summed E-state index contributed by atoms with van der Waals surface area (Å²) in [6, 6.07) is 1.18. The molecule has 2 fully saturated rings. The van der Waals surface area contributed by atoms with Gasteiger partial charge in [0.15, 0.2) is 23.3 Å². The Balaban J connectivity index is 1.27. The molecule has 1 aliphatic heterocycles. The number of carbonyl (C=O) groups is 1. The van der Waals surface area contributed by atoms with Crippen molar-refractivity contribution >= 4 is 23.4 Å². The Morgan fingerprint density at radius 1 is 1.18 bits per heavy atom. The summed E-state index contributed by atoms with van der Waals surface area (Å²) in [6.45, 7) is 1.81. The second-order valence-electron chi connectivity index (χ2n) is 9.21. The van der Waals surface area contributed by atoms with E-state index in [4.69, 9.17) is 9.47 Å². The Kier molecular flexibility index (Phi) is 5.54. The number of fused-ring (bicyclic) bond motifs is 1. The molecule has 1 unspecified atom stereocenters. The van der Waals surface area contributed by atoms with Crippen LogP contribution in [0.15, 0.2) is 12.1 Å². The van der Waals surface area contributed by atoms with Crippen molar-refractivity contribution in [2.75, 3.05) is 29.7 Å². The van der Waals surface area contributed by atoms with E-state index in [2.05, 4.69) is 20.6 Å². The number of likely N-dealkylation sites (N-methyl/N-ethyl adjacent to an activating group) is 1. The van der Waals surface area contributed by atoms with Crippen LogP contribution >= 0.6 is 0 Å². The number of aryl methyl sites for hydroxylation is 1. The maximum Gasteiger partial charge on any atom is 0.250 e. The Morgan fingerprint density at radius 2 is 1.85 bits per heavy atom. The van der Waals surface area contributed by atoms with Gasteiger partial charge in [0.25, 0.3) is 0 Å². The molecule has 5 rings (SSSR count). The number of methoxy groups -OCH3 is 1. The topological polar surface area (TPSA) is 88.6 Å². The van der Waals surface area contributed by atoms with Gasteiger partial charge in [-0.1, -0.05) is 0 Å². The molecule has 1 atom stereocenters. The van der Waals surface area contributed by atoms with Gasteiger partial charge in [0.1, 0.15) is 23.6 Å². The van der Waals surface area contributed by atoms with Crippen LogP contribution in [0.5, 0.6) is 5.75 Å². The van der Waals surface area contributed by atoms with Gasteiger partial charge >= 0.3 is 0 Å². The van der Waals surface area contributed by atoms with Crippen LogP contribution in [0.1, 0.15) is 37.8 Å². The largest absolute Gasteiger partial charge is 0.490 e. The molecular formula is C23H26F3N5O3. The van der Waals surface area contributed by atoms with Gasteiger partial charge in [-0.05, 0) is 26.2 Å². The van der Waals surface area contributed by atoms with E-state index in [1.54, 1.807) is 14.0 Å².